The molecule has 2 aromatic carbocycles. The first-order valence-corrected chi connectivity index (χ1v) is 8.92. The normalized spacial score (nSPS) is 10.4. The van der Waals surface area contributed by atoms with E-state index in [1.165, 1.54) is 0 Å². The van der Waals surface area contributed by atoms with Crippen LogP contribution in [0.3, 0.4) is 0 Å². The van der Waals surface area contributed by atoms with E-state index in [1.54, 1.807) is 53.5 Å². The molecule has 4 rings (SSSR count). The molecule has 2 N–H and O–H groups in total. The van der Waals surface area contributed by atoms with Crippen molar-refractivity contribution in [3.8, 4) is 17.4 Å². The van der Waals surface area contributed by atoms with Crippen molar-refractivity contribution >= 4 is 17.4 Å². The van der Waals surface area contributed by atoms with Crippen molar-refractivity contribution in [1.82, 2.24) is 20.0 Å². The fourth-order valence-electron chi connectivity index (χ4n) is 2.64. The van der Waals surface area contributed by atoms with Crippen molar-refractivity contribution in [3.63, 3.8) is 0 Å². The van der Waals surface area contributed by atoms with Crippen LogP contribution in [-0.2, 0) is 0 Å². The van der Waals surface area contributed by atoms with E-state index < -0.39 is 0 Å². The van der Waals surface area contributed by atoms with Gasteiger partial charge >= 0.3 is 6.03 Å². The fourth-order valence-corrected chi connectivity index (χ4v) is 2.64. The Labute approximate surface area is 167 Å². The number of benzene rings is 2. The summed E-state index contributed by atoms with van der Waals surface area (Å²) in [6, 6.07) is 19.5. The van der Waals surface area contributed by atoms with Gasteiger partial charge in [0.05, 0.1) is 0 Å². The van der Waals surface area contributed by atoms with Crippen LogP contribution in [0.4, 0.5) is 16.2 Å². The van der Waals surface area contributed by atoms with Gasteiger partial charge in [0.1, 0.15) is 5.75 Å². The number of nitrogens with one attached hydrogen (secondary N) is 2. The minimum atomic E-state index is -0.315. The lowest BCUT2D eigenvalue weighted by molar-refractivity contribution is 0.262. The summed E-state index contributed by atoms with van der Waals surface area (Å²) in [6.45, 7) is 1.97. The van der Waals surface area contributed by atoms with Crippen molar-refractivity contribution in [2.24, 2.45) is 0 Å². The predicted octanol–water partition coefficient (Wildman–Crippen LogP) is 4.41. The zero-order valence-corrected chi connectivity index (χ0v) is 15.6. The number of hydrogen-bond donors (Lipinski definition) is 2. The summed E-state index contributed by atoms with van der Waals surface area (Å²) < 4.78 is 7.30. The van der Waals surface area contributed by atoms with Crippen LogP contribution in [0.5, 0.6) is 11.6 Å². The molecule has 29 heavy (non-hydrogen) atoms. The second kappa shape index (κ2) is 8.22. The Kier molecular flexibility index (Phi) is 5.15. The van der Waals surface area contributed by atoms with E-state index in [0.717, 1.165) is 11.3 Å². The monoisotopic (exact) mass is 386 g/mol. The third-order valence-electron chi connectivity index (χ3n) is 3.98. The highest BCUT2D eigenvalue weighted by Crippen LogP contribution is 2.21. The van der Waals surface area contributed by atoms with Crippen LogP contribution in [0.2, 0.25) is 0 Å². The summed E-state index contributed by atoms with van der Waals surface area (Å²) in [5.74, 6) is 1.54. The van der Waals surface area contributed by atoms with E-state index in [1.807, 2.05) is 37.3 Å². The number of amides is 2. The summed E-state index contributed by atoms with van der Waals surface area (Å²) >= 11 is 0. The van der Waals surface area contributed by atoms with Gasteiger partial charge in [0.25, 0.3) is 0 Å². The van der Waals surface area contributed by atoms with Crippen molar-refractivity contribution in [2.75, 3.05) is 10.6 Å². The SMILES string of the molecule is Cc1cccc(NC(=O)Nc2ccc(Oc3ccc(-n4cccn4)nn3)cc2)c1. The van der Waals surface area contributed by atoms with Crippen LogP contribution in [0.25, 0.3) is 5.82 Å². The van der Waals surface area contributed by atoms with Crippen LogP contribution in [0.15, 0.2) is 79.1 Å². The van der Waals surface area contributed by atoms with Gasteiger partial charge in [-0.2, -0.15) is 5.10 Å². The van der Waals surface area contributed by atoms with Gasteiger partial charge < -0.3 is 15.4 Å². The smallest absolute Gasteiger partial charge is 0.323 e. The van der Waals surface area contributed by atoms with E-state index in [0.29, 0.717) is 23.1 Å². The maximum atomic E-state index is 12.1. The molecule has 0 aliphatic heterocycles. The van der Waals surface area contributed by atoms with Crippen LogP contribution in [-0.4, -0.2) is 26.0 Å². The van der Waals surface area contributed by atoms with Crippen LogP contribution in [0, 0.1) is 6.92 Å². The molecule has 0 fully saturated rings. The van der Waals surface area contributed by atoms with Gasteiger partial charge in [-0.05, 0) is 61.0 Å². The molecule has 8 nitrogen and oxygen atoms in total. The highest BCUT2D eigenvalue weighted by molar-refractivity contribution is 5.99. The highest BCUT2D eigenvalue weighted by Gasteiger charge is 2.05. The van der Waals surface area contributed by atoms with Crippen molar-refractivity contribution in [2.45, 2.75) is 6.92 Å². The molecule has 0 atom stereocenters. The molecule has 0 saturated carbocycles. The Bertz CT molecular complexity index is 1090. The highest BCUT2D eigenvalue weighted by atomic mass is 16.5. The number of rotatable bonds is 5. The molecule has 0 saturated heterocycles. The number of hydrogen-bond acceptors (Lipinski definition) is 5. The summed E-state index contributed by atoms with van der Waals surface area (Å²) in [5, 5.41) is 17.8. The van der Waals surface area contributed by atoms with Gasteiger partial charge in [-0.3, -0.25) is 0 Å². The fraction of sp³-hybridized carbons (Fsp3) is 0.0476. The van der Waals surface area contributed by atoms with E-state index in [9.17, 15) is 4.79 Å². The molecule has 0 spiro atoms. The third-order valence-corrected chi connectivity index (χ3v) is 3.98. The summed E-state index contributed by atoms with van der Waals surface area (Å²) in [7, 11) is 0. The number of ether oxygens (including phenoxy) is 1. The van der Waals surface area contributed by atoms with E-state index >= 15 is 0 Å². The molecule has 0 unspecified atom stereocenters. The molecule has 0 radical (unpaired) electrons. The molecule has 8 heteroatoms. The molecular weight excluding hydrogens is 368 g/mol. The molecule has 144 valence electrons. The summed E-state index contributed by atoms with van der Waals surface area (Å²) in [5.41, 5.74) is 2.45. The molecule has 2 aromatic heterocycles. The second-order valence-corrected chi connectivity index (χ2v) is 6.26. The Hall–Kier alpha value is -4.20. The van der Waals surface area contributed by atoms with Gasteiger partial charge in [0, 0.05) is 29.8 Å². The minimum absolute atomic E-state index is 0.315. The Morgan fingerprint density at radius 3 is 2.45 bits per heavy atom. The third kappa shape index (κ3) is 4.75. The van der Waals surface area contributed by atoms with Crippen molar-refractivity contribution < 1.29 is 9.53 Å². The number of nitrogens with zero attached hydrogens (tertiary/aromatic N) is 4. The van der Waals surface area contributed by atoms with E-state index in [-0.39, 0.29) is 6.03 Å². The first kappa shape index (κ1) is 18.2. The maximum Gasteiger partial charge on any atom is 0.323 e. The largest absolute Gasteiger partial charge is 0.438 e. The zero-order valence-electron chi connectivity index (χ0n) is 15.6. The second-order valence-electron chi connectivity index (χ2n) is 6.26. The molecule has 0 aliphatic rings. The molecule has 0 bridgehead atoms. The van der Waals surface area contributed by atoms with Gasteiger partial charge in [-0.25, -0.2) is 9.48 Å². The Morgan fingerprint density at radius 2 is 1.76 bits per heavy atom. The zero-order chi connectivity index (χ0) is 20.1. The van der Waals surface area contributed by atoms with Crippen molar-refractivity contribution in [1.29, 1.82) is 0 Å². The first-order chi connectivity index (χ1) is 14.2. The number of aryl methyl sites for hydroxylation is 1. The molecular formula is C21H18N6O2. The summed E-state index contributed by atoms with van der Waals surface area (Å²) in [6.07, 6.45) is 3.45. The molecule has 4 aromatic rings. The maximum absolute atomic E-state index is 12.1. The Balaban J connectivity index is 1.34. The molecule has 2 heterocycles. The number of carbonyl (C=O) groups is 1. The minimum Gasteiger partial charge on any atom is -0.438 e. The lowest BCUT2D eigenvalue weighted by Crippen LogP contribution is -2.19. The lowest BCUT2D eigenvalue weighted by Gasteiger charge is -2.09. The van der Waals surface area contributed by atoms with Gasteiger partial charge in [-0.15, -0.1) is 10.2 Å². The predicted molar refractivity (Wildman–Crippen MR) is 109 cm³/mol. The average molecular weight is 386 g/mol. The average Bonchev–Trinajstić information content (AvgIpc) is 3.25. The van der Waals surface area contributed by atoms with E-state index in [2.05, 4.69) is 25.9 Å². The number of urea groups is 1. The van der Waals surface area contributed by atoms with Gasteiger partial charge in [0.2, 0.25) is 5.88 Å². The summed E-state index contributed by atoms with van der Waals surface area (Å²) in [4.78, 5) is 12.1. The number of aromatic nitrogens is 4. The van der Waals surface area contributed by atoms with Crippen LogP contribution >= 0.6 is 0 Å². The molecule has 0 aliphatic carbocycles. The first-order valence-electron chi connectivity index (χ1n) is 8.92. The number of carbonyl (C=O) groups excluding carboxylic acids is 1. The van der Waals surface area contributed by atoms with Gasteiger partial charge in [-0.1, -0.05) is 12.1 Å². The topological polar surface area (TPSA) is 94.0 Å². The van der Waals surface area contributed by atoms with Crippen LogP contribution in [0.1, 0.15) is 5.56 Å². The standard InChI is InChI=1S/C21H18N6O2/c1-15-4-2-5-17(14-15)24-21(28)23-16-6-8-18(9-7-16)29-20-11-10-19(25-26-20)27-13-3-12-22-27/h2-14H,1H3,(H2,23,24,28). The lowest BCUT2D eigenvalue weighted by atomic mass is 10.2. The number of anilines is 2. The molecule has 2 amide bonds. The van der Waals surface area contributed by atoms with E-state index in [4.69, 9.17) is 4.74 Å². The van der Waals surface area contributed by atoms with Gasteiger partial charge in [0.15, 0.2) is 5.82 Å². The van der Waals surface area contributed by atoms with Crippen molar-refractivity contribution in [3.05, 3.63) is 84.7 Å². The quantitative estimate of drug-likeness (QED) is 0.530. The Morgan fingerprint density at radius 1 is 0.931 bits per heavy atom. The van der Waals surface area contributed by atoms with Crippen LogP contribution < -0.4 is 15.4 Å².